The fourth-order valence-corrected chi connectivity index (χ4v) is 4.99. The molecule has 4 nitrogen and oxygen atoms in total. The van der Waals surface area contributed by atoms with E-state index in [9.17, 15) is 5.11 Å². The van der Waals surface area contributed by atoms with Gasteiger partial charge in [-0.15, -0.1) is 0 Å². The summed E-state index contributed by atoms with van der Waals surface area (Å²) in [7, 11) is 3.91. The minimum absolute atomic E-state index is 0.130. The SMILES string of the molecule is C=C1/C(=C(/C)O)N(C(CC2(c3cc(C)cc(C)c3)CCCC2)=NC)CCN1C. The van der Waals surface area contributed by atoms with Crippen molar-refractivity contribution in [3.63, 3.8) is 0 Å². The van der Waals surface area contributed by atoms with Gasteiger partial charge in [-0.3, -0.25) is 4.99 Å². The topological polar surface area (TPSA) is 39.1 Å². The van der Waals surface area contributed by atoms with Crippen LogP contribution in [0.2, 0.25) is 0 Å². The minimum Gasteiger partial charge on any atom is -0.510 e. The second-order valence-electron chi connectivity index (χ2n) is 8.63. The smallest absolute Gasteiger partial charge is 0.115 e. The number of amidine groups is 1. The summed E-state index contributed by atoms with van der Waals surface area (Å²) in [6.07, 6.45) is 5.82. The molecule has 0 radical (unpaired) electrons. The molecule has 0 bridgehead atoms. The van der Waals surface area contributed by atoms with E-state index in [4.69, 9.17) is 4.99 Å². The van der Waals surface area contributed by atoms with Crippen LogP contribution >= 0.6 is 0 Å². The van der Waals surface area contributed by atoms with Gasteiger partial charge in [-0.05, 0) is 39.2 Å². The highest BCUT2D eigenvalue weighted by atomic mass is 16.3. The van der Waals surface area contributed by atoms with E-state index < -0.39 is 0 Å². The van der Waals surface area contributed by atoms with E-state index in [1.165, 1.54) is 42.4 Å². The molecule has 2 fully saturated rings. The number of aliphatic imine (C=N–C) groups is 1. The number of rotatable bonds is 3. The lowest BCUT2D eigenvalue weighted by Gasteiger charge is -2.42. The van der Waals surface area contributed by atoms with Crippen LogP contribution in [0.3, 0.4) is 0 Å². The molecule has 1 aliphatic carbocycles. The van der Waals surface area contributed by atoms with Gasteiger partial charge in [0.1, 0.15) is 17.3 Å². The second-order valence-corrected chi connectivity index (χ2v) is 8.63. The maximum Gasteiger partial charge on any atom is 0.115 e. The zero-order valence-electron chi connectivity index (χ0n) is 18.2. The molecule has 28 heavy (non-hydrogen) atoms. The highest BCUT2D eigenvalue weighted by Crippen LogP contribution is 2.45. The summed E-state index contributed by atoms with van der Waals surface area (Å²) in [5.74, 6) is 1.36. The van der Waals surface area contributed by atoms with E-state index in [1.54, 1.807) is 6.92 Å². The molecule has 0 unspecified atom stereocenters. The van der Waals surface area contributed by atoms with Gasteiger partial charge < -0.3 is 14.9 Å². The van der Waals surface area contributed by atoms with E-state index in [0.29, 0.717) is 5.76 Å². The third kappa shape index (κ3) is 3.82. The number of benzene rings is 1. The normalized spacial score (nSPS) is 22.0. The van der Waals surface area contributed by atoms with Crippen LogP contribution < -0.4 is 0 Å². The Morgan fingerprint density at radius 3 is 2.29 bits per heavy atom. The first-order valence-corrected chi connectivity index (χ1v) is 10.4. The molecule has 4 heteroatoms. The maximum absolute atomic E-state index is 10.4. The molecule has 1 aromatic carbocycles. The number of hydrogen-bond donors (Lipinski definition) is 1. The Bertz CT molecular complexity index is 791. The number of aliphatic hydroxyl groups is 1. The van der Waals surface area contributed by atoms with Crippen molar-refractivity contribution >= 4 is 5.84 Å². The standard InChI is InChI=1S/C24H35N3O/c1-17-13-18(2)15-21(14-17)24(9-7-8-10-24)16-22(25-5)27-12-11-26(6)19(3)23(27)20(4)28/h13-15,28H,3,7-12,16H2,1-2,4-6H3/b23-20+,25-22?. The molecule has 1 saturated carbocycles. The van der Waals surface area contributed by atoms with Crippen molar-refractivity contribution in [1.29, 1.82) is 0 Å². The number of aryl methyl sites for hydroxylation is 2. The van der Waals surface area contributed by atoms with Crippen LogP contribution in [-0.4, -0.2) is 47.9 Å². The van der Waals surface area contributed by atoms with Crippen molar-refractivity contribution in [2.24, 2.45) is 4.99 Å². The van der Waals surface area contributed by atoms with Gasteiger partial charge in [0, 0.05) is 39.0 Å². The Kier molecular flexibility index (Phi) is 5.87. The van der Waals surface area contributed by atoms with Gasteiger partial charge in [-0.1, -0.05) is 48.7 Å². The molecule has 0 aromatic heterocycles. The number of allylic oxidation sites excluding steroid dienone is 1. The van der Waals surface area contributed by atoms with Crippen LogP contribution in [0.5, 0.6) is 0 Å². The van der Waals surface area contributed by atoms with Crippen LogP contribution in [0.4, 0.5) is 0 Å². The van der Waals surface area contributed by atoms with Crippen molar-refractivity contribution in [1.82, 2.24) is 9.80 Å². The van der Waals surface area contributed by atoms with Crippen LogP contribution in [0.15, 0.2) is 46.9 Å². The monoisotopic (exact) mass is 381 g/mol. The number of likely N-dealkylation sites (N-methyl/N-ethyl adjacent to an activating group) is 1. The molecule has 152 valence electrons. The third-order valence-corrected chi connectivity index (χ3v) is 6.47. The molecule has 0 spiro atoms. The predicted octanol–water partition coefficient (Wildman–Crippen LogP) is 5.08. The van der Waals surface area contributed by atoms with Gasteiger partial charge in [0.25, 0.3) is 0 Å². The van der Waals surface area contributed by atoms with Gasteiger partial charge in [0.15, 0.2) is 0 Å². The van der Waals surface area contributed by atoms with E-state index in [0.717, 1.165) is 36.7 Å². The Labute approximate surface area is 170 Å². The summed E-state index contributed by atoms with van der Waals surface area (Å²) >= 11 is 0. The van der Waals surface area contributed by atoms with Crippen LogP contribution in [0.1, 0.15) is 55.7 Å². The lowest BCUT2D eigenvalue weighted by atomic mass is 9.74. The van der Waals surface area contributed by atoms with Gasteiger partial charge in [0.2, 0.25) is 0 Å². The average Bonchev–Trinajstić information content (AvgIpc) is 3.11. The van der Waals surface area contributed by atoms with Crippen molar-refractivity contribution in [3.8, 4) is 0 Å². The predicted molar refractivity (Wildman–Crippen MR) is 118 cm³/mol. The fraction of sp³-hybridized carbons (Fsp3) is 0.542. The number of hydrogen-bond acceptors (Lipinski definition) is 3. The zero-order valence-corrected chi connectivity index (χ0v) is 18.2. The van der Waals surface area contributed by atoms with Crippen molar-refractivity contribution in [2.45, 2.75) is 58.3 Å². The largest absolute Gasteiger partial charge is 0.510 e. The first-order valence-electron chi connectivity index (χ1n) is 10.4. The van der Waals surface area contributed by atoms with Gasteiger partial charge in [0.05, 0.1) is 5.70 Å². The molecule has 1 N–H and O–H groups in total. The molecular weight excluding hydrogens is 346 g/mol. The molecule has 3 rings (SSSR count). The van der Waals surface area contributed by atoms with Crippen LogP contribution in [0, 0.1) is 13.8 Å². The summed E-state index contributed by atoms with van der Waals surface area (Å²) in [6, 6.07) is 6.98. The first kappa shape index (κ1) is 20.5. The van der Waals surface area contributed by atoms with E-state index in [2.05, 4.69) is 48.4 Å². The summed E-state index contributed by atoms with van der Waals surface area (Å²) in [4.78, 5) is 9.02. The van der Waals surface area contributed by atoms with Crippen molar-refractivity contribution in [3.05, 3.63) is 58.6 Å². The Morgan fingerprint density at radius 2 is 1.75 bits per heavy atom. The Hall–Kier alpha value is -2.23. The van der Waals surface area contributed by atoms with E-state index in [-0.39, 0.29) is 5.41 Å². The van der Waals surface area contributed by atoms with Gasteiger partial charge >= 0.3 is 0 Å². The summed E-state index contributed by atoms with van der Waals surface area (Å²) in [6.45, 7) is 12.0. The third-order valence-electron chi connectivity index (χ3n) is 6.47. The van der Waals surface area contributed by atoms with Crippen LogP contribution in [-0.2, 0) is 5.41 Å². The molecule has 0 atom stereocenters. The molecule has 1 saturated heterocycles. The molecule has 2 aliphatic rings. The molecule has 0 amide bonds. The first-order chi connectivity index (χ1) is 13.3. The summed E-state index contributed by atoms with van der Waals surface area (Å²) < 4.78 is 0. The summed E-state index contributed by atoms with van der Waals surface area (Å²) in [5, 5.41) is 10.4. The lowest BCUT2D eigenvalue weighted by Crippen LogP contribution is -2.46. The average molecular weight is 382 g/mol. The van der Waals surface area contributed by atoms with Crippen LogP contribution in [0.25, 0.3) is 0 Å². The molecule has 1 aliphatic heterocycles. The maximum atomic E-state index is 10.4. The van der Waals surface area contributed by atoms with Crippen molar-refractivity contribution in [2.75, 3.05) is 27.2 Å². The molecular formula is C24H35N3O. The minimum atomic E-state index is 0.130. The van der Waals surface area contributed by atoms with E-state index >= 15 is 0 Å². The number of aliphatic hydroxyl groups excluding tert-OH is 1. The molecule has 1 aromatic rings. The lowest BCUT2D eigenvalue weighted by molar-refractivity contribution is 0.282. The number of nitrogens with zero attached hydrogens (tertiary/aromatic N) is 3. The highest BCUT2D eigenvalue weighted by Gasteiger charge is 2.39. The van der Waals surface area contributed by atoms with E-state index in [1.807, 2.05) is 14.1 Å². The van der Waals surface area contributed by atoms with Gasteiger partial charge in [-0.25, -0.2) is 0 Å². The quantitative estimate of drug-likeness (QED) is 0.451. The summed E-state index contributed by atoms with van der Waals surface area (Å²) in [5.41, 5.74) is 5.90. The fourth-order valence-electron chi connectivity index (χ4n) is 4.99. The number of piperazine rings is 1. The highest BCUT2D eigenvalue weighted by molar-refractivity contribution is 5.86. The molecule has 1 heterocycles. The van der Waals surface area contributed by atoms with Crippen molar-refractivity contribution < 1.29 is 5.11 Å². The Balaban J connectivity index is 1.98. The second kappa shape index (κ2) is 8.02. The Morgan fingerprint density at radius 1 is 1.14 bits per heavy atom. The zero-order chi connectivity index (χ0) is 20.5. The van der Waals surface area contributed by atoms with Gasteiger partial charge in [-0.2, -0.15) is 0 Å².